The molecule has 0 unspecified atom stereocenters. The summed E-state index contributed by atoms with van der Waals surface area (Å²) in [7, 11) is 0. The van der Waals surface area contributed by atoms with Crippen LogP contribution in [0.3, 0.4) is 0 Å². The van der Waals surface area contributed by atoms with Gasteiger partial charge in [-0.1, -0.05) is 46.3 Å². The fraction of sp³-hybridized carbons (Fsp3) is 0.0667. The topological polar surface area (TPSA) is 0 Å². The Balaban J connectivity index is 2.66. The molecule has 17 heavy (non-hydrogen) atoms. The molecule has 0 aliphatic carbocycles. The zero-order chi connectivity index (χ0) is 12.0. The SMILES string of the molecule is Cc1c(Br)c2ccccc2c2cc(Br)ccc12. The number of fused-ring (bicyclic) bond motifs is 3. The molecule has 0 fully saturated rings. The highest BCUT2D eigenvalue weighted by atomic mass is 79.9. The van der Waals surface area contributed by atoms with Crippen LogP contribution in [0.4, 0.5) is 0 Å². The lowest BCUT2D eigenvalue weighted by molar-refractivity contribution is 1.51. The van der Waals surface area contributed by atoms with Crippen molar-refractivity contribution in [2.75, 3.05) is 0 Å². The molecule has 0 aliphatic rings. The van der Waals surface area contributed by atoms with Crippen molar-refractivity contribution >= 4 is 53.4 Å². The second kappa shape index (κ2) is 4.11. The average molecular weight is 350 g/mol. The van der Waals surface area contributed by atoms with Gasteiger partial charge in [-0.25, -0.2) is 0 Å². The second-order valence-corrected chi connectivity index (χ2v) is 5.88. The summed E-state index contributed by atoms with van der Waals surface area (Å²) in [5.74, 6) is 0. The van der Waals surface area contributed by atoms with Gasteiger partial charge in [0, 0.05) is 8.95 Å². The Labute approximate surface area is 117 Å². The maximum absolute atomic E-state index is 3.71. The van der Waals surface area contributed by atoms with E-state index in [4.69, 9.17) is 0 Å². The number of hydrogen-bond acceptors (Lipinski definition) is 0. The minimum absolute atomic E-state index is 1.12. The van der Waals surface area contributed by atoms with Gasteiger partial charge >= 0.3 is 0 Å². The van der Waals surface area contributed by atoms with Crippen molar-refractivity contribution in [3.63, 3.8) is 0 Å². The zero-order valence-corrected chi connectivity index (χ0v) is 12.5. The van der Waals surface area contributed by atoms with E-state index < -0.39 is 0 Å². The number of hydrogen-bond donors (Lipinski definition) is 0. The van der Waals surface area contributed by atoms with Crippen LogP contribution in [0.2, 0.25) is 0 Å². The monoisotopic (exact) mass is 348 g/mol. The van der Waals surface area contributed by atoms with Crippen LogP contribution in [-0.4, -0.2) is 0 Å². The highest BCUT2D eigenvalue weighted by Gasteiger charge is 2.09. The third-order valence-corrected chi connectivity index (χ3v) is 4.68. The van der Waals surface area contributed by atoms with Gasteiger partial charge in [-0.05, 0) is 62.1 Å². The van der Waals surface area contributed by atoms with Crippen molar-refractivity contribution in [3.05, 3.63) is 57.0 Å². The van der Waals surface area contributed by atoms with Crippen molar-refractivity contribution in [1.29, 1.82) is 0 Å². The van der Waals surface area contributed by atoms with E-state index in [0.29, 0.717) is 0 Å². The summed E-state index contributed by atoms with van der Waals surface area (Å²) in [6, 6.07) is 15.0. The largest absolute Gasteiger partial charge is 0.0616 e. The Morgan fingerprint density at radius 2 is 1.47 bits per heavy atom. The molecule has 0 heterocycles. The van der Waals surface area contributed by atoms with Crippen LogP contribution in [0.15, 0.2) is 51.4 Å². The fourth-order valence-corrected chi connectivity index (χ4v) is 3.22. The minimum Gasteiger partial charge on any atom is -0.0616 e. The second-order valence-electron chi connectivity index (χ2n) is 4.17. The van der Waals surface area contributed by atoms with Gasteiger partial charge in [0.2, 0.25) is 0 Å². The summed E-state index contributed by atoms with van der Waals surface area (Å²) in [5.41, 5.74) is 1.30. The molecule has 3 rings (SSSR count). The van der Waals surface area contributed by atoms with Crippen LogP contribution in [0.5, 0.6) is 0 Å². The Bertz CT molecular complexity index is 730. The molecule has 0 aliphatic heterocycles. The van der Waals surface area contributed by atoms with Crippen molar-refractivity contribution < 1.29 is 0 Å². The Hall–Kier alpha value is -0.860. The standard InChI is InChI=1S/C15H10Br2/c1-9-11-7-6-10(16)8-14(11)12-4-2-3-5-13(12)15(9)17/h2-8H,1H3. The van der Waals surface area contributed by atoms with Crippen LogP contribution in [0, 0.1) is 6.92 Å². The smallest absolute Gasteiger partial charge is 0.0289 e. The third-order valence-electron chi connectivity index (χ3n) is 3.17. The zero-order valence-electron chi connectivity index (χ0n) is 9.30. The Morgan fingerprint density at radius 3 is 2.24 bits per heavy atom. The van der Waals surface area contributed by atoms with E-state index in [9.17, 15) is 0 Å². The number of aryl methyl sites for hydroxylation is 1. The molecule has 3 aromatic rings. The molecule has 0 radical (unpaired) electrons. The fourth-order valence-electron chi connectivity index (χ4n) is 2.30. The van der Waals surface area contributed by atoms with Crippen molar-refractivity contribution in [2.45, 2.75) is 6.92 Å². The van der Waals surface area contributed by atoms with Gasteiger partial charge in [-0.3, -0.25) is 0 Å². The Morgan fingerprint density at radius 1 is 0.765 bits per heavy atom. The molecule has 84 valence electrons. The number of benzene rings is 3. The quantitative estimate of drug-likeness (QED) is 0.448. The lowest BCUT2D eigenvalue weighted by Gasteiger charge is -2.11. The molecular weight excluding hydrogens is 340 g/mol. The van der Waals surface area contributed by atoms with Crippen LogP contribution >= 0.6 is 31.9 Å². The molecular formula is C15H10Br2. The van der Waals surface area contributed by atoms with Crippen LogP contribution < -0.4 is 0 Å². The molecule has 0 N–H and O–H groups in total. The van der Waals surface area contributed by atoms with Gasteiger partial charge in [-0.2, -0.15) is 0 Å². The predicted molar refractivity (Wildman–Crippen MR) is 81.6 cm³/mol. The number of halogens is 2. The highest BCUT2D eigenvalue weighted by Crippen LogP contribution is 2.36. The first-order chi connectivity index (χ1) is 8.18. The summed E-state index contributed by atoms with van der Waals surface area (Å²) in [6.07, 6.45) is 0. The molecule has 0 bridgehead atoms. The van der Waals surface area contributed by atoms with Crippen molar-refractivity contribution in [1.82, 2.24) is 0 Å². The van der Waals surface area contributed by atoms with Gasteiger partial charge in [0.05, 0.1) is 0 Å². The van der Waals surface area contributed by atoms with Crippen LogP contribution in [0.25, 0.3) is 21.5 Å². The molecule has 0 atom stereocenters. The molecule has 0 amide bonds. The minimum atomic E-state index is 1.12. The molecule has 0 aromatic heterocycles. The van der Waals surface area contributed by atoms with Gasteiger partial charge < -0.3 is 0 Å². The maximum Gasteiger partial charge on any atom is 0.0289 e. The molecule has 0 saturated heterocycles. The van der Waals surface area contributed by atoms with E-state index >= 15 is 0 Å². The molecule has 3 aromatic carbocycles. The highest BCUT2D eigenvalue weighted by molar-refractivity contribution is 9.11. The van der Waals surface area contributed by atoms with Gasteiger partial charge in [0.15, 0.2) is 0 Å². The van der Waals surface area contributed by atoms with E-state index in [1.54, 1.807) is 0 Å². The van der Waals surface area contributed by atoms with E-state index in [0.717, 1.165) is 4.47 Å². The lowest BCUT2D eigenvalue weighted by Crippen LogP contribution is -1.85. The Kier molecular flexibility index (Phi) is 2.72. The molecule has 0 nitrogen and oxygen atoms in total. The van der Waals surface area contributed by atoms with Gasteiger partial charge in [0.25, 0.3) is 0 Å². The van der Waals surface area contributed by atoms with Gasteiger partial charge in [0.1, 0.15) is 0 Å². The number of rotatable bonds is 0. The first kappa shape index (κ1) is 11.2. The van der Waals surface area contributed by atoms with Crippen LogP contribution in [-0.2, 0) is 0 Å². The van der Waals surface area contributed by atoms with Crippen LogP contribution in [0.1, 0.15) is 5.56 Å². The van der Waals surface area contributed by atoms with E-state index in [1.807, 2.05) is 0 Å². The van der Waals surface area contributed by atoms with Crippen molar-refractivity contribution in [2.24, 2.45) is 0 Å². The lowest BCUT2D eigenvalue weighted by atomic mass is 9.98. The molecule has 0 spiro atoms. The summed E-state index contributed by atoms with van der Waals surface area (Å²) in [6.45, 7) is 2.16. The third kappa shape index (κ3) is 1.71. The van der Waals surface area contributed by atoms with E-state index in [1.165, 1.54) is 31.6 Å². The van der Waals surface area contributed by atoms with Gasteiger partial charge in [-0.15, -0.1) is 0 Å². The first-order valence-corrected chi connectivity index (χ1v) is 7.03. The maximum atomic E-state index is 3.71. The summed E-state index contributed by atoms with van der Waals surface area (Å²) in [4.78, 5) is 0. The molecule has 0 saturated carbocycles. The van der Waals surface area contributed by atoms with E-state index in [-0.39, 0.29) is 0 Å². The summed E-state index contributed by atoms with van der Waals surface area (Å²) < 4.78 is 2.32. The summed E-state index contributed by atoms with van der Waals surface area (Å²) >= 11 is 7.26. The normalized spacial score (nSPS) is 11.2. The average Bonchev–Trinajstić information content (AvgIpc) is 2.36. The van der Waals surface area contributed by atoms with Crippen molar-refractivity contribution in [3.8, 4) is 0 Å². The first-order valence-electron chi connectivity index (χ1n) is 5.44. The molecule has 2 heteroatoms. The van der Waals surface area contributed by atoms with E-state index in [2.05, 4.69) is 81.2 Å². The summed E-state index contributed by atoms with van der Waals surface area (Å²) in [5, 5.41) is 5.17. The predicted octanol–water partition coefficient (Wildman–Crippen LogP) is 5.83.